The minimum Gasteiger partial charge on any atom is -0.465 e. The van der Waals surface area contributed by atoms with Crippen molar-refractivity contribution in [1.29, 1.82) is 0 Å². The van der Waals surface area contributed by atoms with Gasteiger partial charge in [0.05, 0.1) is 19.4 Å². The van der Waals surface area contributed by atoms with E-state index in [-0.39, 0.29) is 13.0 Å². The molecule has 70 valence electrons. The number of alkyl halides is 3. The highest BCUT2D eigenvalue weighted by molar-refractivity contribution is 5.72. The summed E-state index contributed by atoms with van der Waals surface area (Å²) in [5, 5.41) is 0. The molecule has 0 N–H and O–H groups in total. The van der Waals surface area contributed by atoms with Crippen LogP contribution in [0.1, 0.15) is 19.8 Å². The number of hydrogen-bond donors (Lipinski definition) is 0. The van der Waals surface area contributed by atoms with Gasteiger partial charge in [-0.1, -0.05) is 6.92 Å². The molecule has 5 heteroatoms. The summed E-state index contributed by atoms with van der Waals surface area (Å²) in [6.45, 7) is 1.29. The Bertz CT molecular complexity index is 199. The predicted molar refractivity (Wildman–Crippen MR) is 34.4 cm³/mol. The lowest BCUT2D eigenvalue weighted by Gasteiger charge is -2.20. The molecule has 0 radical (unpaired) electrons. The molecule has 1 aliphatic rings. The number of rotatable bonds is 1. The number of carbonyl (C=O) groups excluding carboxylic acids is 1. The summed E-state index contributed by atoms with van der Waals surface area (Å²) in [6, 6.07) is 0. The van der Waals surface area contributed by atoms with E-state index in [4.69, 9.17) is 0 Å². The van der Waals surface area contributed by atoms with Gasteiger partial charge in [0.1, 0.15) is 0 Å². The van der Waals surface area contributed by atoms with E-state index in [1.807, 2.05) is 0 Å². The first-order chi connectivity index (χ1) is 5.31. The fourth-order valence-corrected chi connectivity index (χ4v) is 1.30. The largest absolute Gasteiger partial charge is 0.465 e. The van der Waals surface area contributed by atoms with Crippen molar-refractivity contribution in [2.24, 2.45) is 5.41 Å². The van der Waals surface area contributed by atoms with Crippen LogP contribution in [-0.2, 0) is 9.53 Å². The van der Waals surface area contributed by atoms with Crippen LogP contribution >= 0.6 is 0 Å². The molecule has 0 aromatic heterocycles. The lowest BCUT2D eigenvalue weighted by molar-refractivity contribution is -0.156. The second-order valence-electron chi connectivity index (χ2n) is 3.44. The Morgan fingerprint density at radius 3 is 2.50 bits per heavy atom. The minimum atomic E-state index is -4.22. The average Bonchev–Trinajstić information content (AvgIpc) is 2.05. The first-order valence-electron chi connectivity index (χ1n) is 3.53. The molecule has 12 heavy (non-hydrogen) atoms. The van der Waals surface area contributed by atoms with Crippen LogP contribution in [-0.4, -0.2) is 18.8 Å². The maximum atomic E-state index is 11.9. The van der Waals surface area contributed by atoms with Gasteiger partial charge in [-0.25, -0.2) is 0 Å². The molecule has 0 aliphatic carbocycles. The molecule has 1 fully saturated rings. The van der Waals surface area contributed by atoms with E-state index in [0.29, 0.717) is 0 Å². The Hall–Kier alpha value is -0.740. The monoisotopic (exact) mass is 182 g/mol. The van der Waals surface area contributed by atoms with Gasteiger partial charge in [0, 0.05) is 5.41 Å². The molecule has 1 unspecified atom stereocenters. The van der Waals surface area contributed by atoms with E-state index in [2.05, 4.69) is 4.74 Å². The quantitative estimate of drug-likeness (QED) is 0.579. The summed E-state index contributed by atoms with van der Waals surface area (Å²) < 4.78 is 40.2. The van der Waals surface area contributed by atoms with Gasteiger partial charge in [-0.15, -0.1) is 0 Å². The molecular weight excluding hydrogens is 173 g/mol. The summed E-state index contributed by atoms with van der Waals surface area (Å²) in [4.78, 5) is 10.6. The Morgan fingerprint density at radius 1 is 1.58 bits per heavy atom. The van der Waals surface area contributed by atoms with E-state index < -0.39 is 24.0 Å². The third kappa shape index (κ3) is 2.39. The van der Waals surface area contributed by atoms with Crippen LogP contribution in [0.2, 0.25) is 0 Å². The Labute approximate surface area is 67.7 Å². The van der Waals surface area contributed by atoms with E-state index in [1.165, 1.54) is 6.92 Å². The van der Waals surface area contributed by atoms with Crippen LogP contribution in [0.15, 0.2) is 0 Å². The lowest BCUT2D eigenvalue weighted by Crippen LogP contribution is -2.25. The molecule has 0 aromatic carbocycles. The smallest absolute Gasteiger partial charge is 0.389 e. The third-order valence-electron chi connectivity index (χ3n) is 1.78. The molecule has 1 aliphatic heterocycles. The van der Waals surface area contributed by atoms with Crippen LogP contribution in [0, 0.1) is 5.41 Å². The highest BCUT2D eigenvalue weighted by Crippen LogP contribution is 2.39. The highest BCUT2D eigenvalue weighted by Gasteiger charge is 2.45. The molecule has 0 saturated carbocycles. The number of cyclic esters (lactones) is 1. The summed E-state index contributed by atoms with van der Waals surface area (Å²) in [7, 11) is 0. The zero-order valence-corrected chi connectivity index (χ0v) is 6.57. The third-order valence-corrected chi connectivity index (χ3v) is 1.78. The summed E-state index contributed by atoms with van der Waals surface area (Å²) in [5.74, 6) is -0.540. The standard InChI is InChI=1S/C7H9F3O2/c1-6(3-7(8,9)10)2-5(11)12-4-6/h2-4H2,1H3. The molecule has 1 heterocycles. The number of hydrogen-bond acceptors (Lipinski definition) is 2. The second-order valence-corrected chi connectivity index (χ2v) is 3.44. The Balaban J connectivity index is 2.56. The van der Waals surface area contributed by atoms with Gasteiger partial charge in [0.25, 0.3) is 0 Å². The maximum Gasteiger partial charge on any atom is 0.389 e. The normalized spacial score (nSPS) is 30.5. The summed E-state index contributed by atoms with van der Waals surface area (Å²) in [6.07, 6.45) is -5.30. The number of carbonyl (C=O) groups is 1. The van der Waals surface area contributed by atoms with Crippen molar-refractivity contribution in [2.75, 3.05) is 6.61 Å². The molecule has 1 rings (SSSR count). The first kappa shape index (κ1) is 9.35. The summed E-state index contributed by atoms with van der Waals surface area (Å²) >= 11 is 0. The van der Waals surface area contributed by atoms with Gasteiger partial charge < -0.3 is 4.74 Å². The lowest BCUT2D eigenvalue weighted by atomic mass is 9.86. The van der Waals surface area contributed by atoms with Crippen molar-refractivity contribution < 1.29 is 22.7 Å². The number of esters is 1. The van der Waals surface area contributed by atoms with E-state index in [9.17, 15) is 18.0 Å². The second kappa shape index (κ2) is 2.64. The highest BCUT2D eigenvalue weighted by atomic mass is 19.4. The molecule has 0 spiro atoms. The van der Waals surface area contributed by atoms with E-state index in [0.717, 1.165) is 0 Å². The van der Waals surface area contributed by atoms with Crippen molar-refractivity contribution in [2.45, 2.75) is 25.9 Å². The van der Waals surface area contributed by atoms with Gasteiger partial charge >= 0.3 is 12.1 Å². The maximum absolute atomic E-state index is 11.9. The van der Waals surface area contributed by atoms with Crippen molar-refractivity contribution in [1.82, 2.24) is 0 Å². The van der Waals surface area contributed by atoms with E-state index in [1.54, 1.807) is 0 Å². The van der Waals surface area contributed by atoms with Crippen LogP contribution in [0.3, 0.4) is 0 Å². The fourth-order valence-electron chi connectivity index (χ4n) is 1.30. The molecule has 1 atom stereocenters. The van der Waals surface area contributed by atoms with Crippen LogP contribution in [0.4, 0.5) is 13.2 Å². The van der Waals surface area contributed by atoms with Crippen LogP contribution < -0.4 is 0 Å². The van der Waals surface area contributed by atoms with Gasteiger partial charge in [0.15, 0.2) is 0 Å². The van der Waals surface area contributed by atoms with E-state index >= 15 is 0 Å². The number of ether oxygens (including phenoxy) is 1. The topological polar surface area (TPSA) is 26.3 Å². The first-order valence-corrected chi connectivity index (χ1v) is 3.53. The van der Waals surface area contributed by atoms with Crippen LogP contribution in [0.25, 0.3) is 0 Å². The molecular formula is C7H9F3O2. The molecule has 0 bridgehead atoms. The molecule has 2 nitrogen and oxygen atoms in total. The Morgan fingerprint density at radius 2 is 2.17 bits per heavy atom. The number of halogens is 3. The van der Waals surface area contributed by atoms with Crippen molar-refractivity contribution in [3.05, 3.63) is 0 Å². The van der Waals surface area contributed by atoms with Gasteiger partial charge in [-0.2, -0.15) is 13.2 Å². The molecule has 1 saturated heterocycles. The average molecular weight is 182 g/mol. The van der Waals surface area contributed by atoms with Gasteiger partial charge in [0.2, 0.25) is 0 Å². The zero-order valence-electron chi connectivity index (χ0n) is 6.57. The van der Waals surface area contributed by atoms with Crippen molar-refractivity contribution in [3.63, 3.8) is 0 Å². The van der Waals surface area contributed by atoms with Crippen LogP contribution in [0.5, 0.6) is 0 Å². The predicted octanol–water partition coefficient (Wildman–Crippen LogP) is 1.89. The fraction of sp³-hybridized carbons (Fsp3) is 0.857. The Kier molecular flexibility index (Phi) is 2.06. The van der Waals surface area contributed by atoms with Crippen molar-refractivity contribution in [3.8, 4) is 0 Å². The van der Waals surface area contributed by atoms with Crippen molar-refractivity contribution >= 4 is 5.97 Å². The summed E-state index contributed by atoms with van der Waals surface area (Å²) in [5.41, 5.74) is -1.05. The minimum absolute atomic E-state index is 0.120. The SMILES string of the molecule is CC1(CC(F)(F)F)COC(=O)C1. The van der Waals surface area contributed by atoms with Gasteiger partial charge in [-0.3, -0.25) is 4.79 Å². The zero-order chi connectivity index (χ0) is 9.41. The molecule has 0 amide bonds. The molecule has 0 aromatic rings. The van der Waals surface area contributed by atoms with Gasteiger partial charge in [-0.05, 0) is 0 Å².